The fourth-order valence-electron chi connectivity index (χ4n) is 7.40. The van der Waals surface area contributed by atoms with Crippen LogP contribution in [-0.4, -0.2) is 122 Å². The van der Waals surface area contributed by atoms with E-state index < -0.39 is 60.2 Å². The molecule has 4 amide bonds. The van der Waals surface area contributed by atoms with Crippen molar-refractivity contribution in [3.63, 3.8) is 0 Å². The van der Waals surface area contributed by atoms with Crippen molar-refractivity contribution in [2.75, 3.05) is 34.9 Å². The van der Waals surface area contributed by atoms with Crippen LogP contribution in [0, 0.1) is 23.7 Å². The number of nitrogens with zero attached hydrogens (tertiary/aromatic N) is 2. The van der Waals surface area contributed by atoms with Crippen LogP contribution in [0.1, 0.15) is 79.7 Å². The second kappa shape index (κ2) is 22.8. The number of amides is 4. The SMILES string of the molecule is CCC(C)C(C(CC(=O)N1CCC[C@H]1C(OC)C(C)C(=O)NC(Cc1ccccc1)C(=O)O)OC)N(C)C(=O)C(NC(=O)C(NC)C(C)C)C(C)C.Cl. The zero-order valence-electron chi connectivity index (χ0n) is 33.6. The lowest BCUT2D eigenvalue weighted by molar-refractivity contribution is -0.148. The van der Waals surface area contributed by atoms with Crippen LogP contribution in [0.15, 0.2) is 30.3 Å². The largest absolute Gasteiger partial charge is 0.480 e. The van der Waals surface area contributed by atoms with E-state index in [-0.39, 0.29) is 60.7 Å². The number of rotatable bonds is 21. The molecule has 302 valence electrons. The van der Waals surface area contributed by atoms with Crippen LogP contribution in [0.2, 0.25) is 0 Å². The number of carbonyl (C=O) groups is 5. The highest BCUT2D eigenvalue weighted by Gasteiger charge is 2.43. The van der Waals surface area contributed by atoms with Crippen molar-refractivity contribution >= 4 is 42.0 Å². The monoisotopic (exact) mass is 767 g/mol. The van der Waals surface area contributed by atoms with E-state index in [9.17, 15) is 29.1 Å². The maximum absolute atomic E-state index is 14.1. The summed E-state index contributed by atoms with van der Waals surface area (Å²) in [5, 5.41) is 18.5. The molecule has 4 N–H and O–H groups in total. The molecule has 1 heterocycles. The van der Waals surface area contributed by atoms with Gasteiger partial charge in [-0.05, 0) is 43.2 Å². The Morgan fingerprint density at radius 2 is 1.53 bits per heavy atom. The molecule has 0 bridgehead atoms. The van der Waals surface area contributed by atoms with Gasteiger partial charge in [-0.3, -0.25) is 19.2 Å². The number of carboxylic acids is 1. The molecule has 2 rings (SSSR count). The summed E-state index contributed by atoms with van der Waals surface area (Å²) in [5.41, 5.74) is 0.785. The molecule has 9 atom stereocenters. The topological polar surface area (TPSA) is 167 Å². The highest BCUT2D eigenvalue weighted by molar-refractivity contribution is 5.90. The van der Waals surface area contributed by atoms with E-state index in [0.717, 1.165) is 12.0 Å². The van der Waals surface area contributed by atoms with Gasteiger partial charge in [-0.1, -0.05) is 85.2 Å². The van der Waals surface area contributed by atoms with Gasteiger partial charge in [0.05, 0.1) is 42.7 Å². The molecule has 1 aliphatic rings. The molecule has 13 nitrogen and oxygen atoms in total. The second-order valence-corrected chi connectivity index (χ2v) is 14.9. The van der Waals surface area contributed by atoms with Crippen molar-refractivity contribution in [1.82, 2.24) is 25.8 Å². The van der Waals surface area contributed by atoms with Crippen molar-refractivity contribution in [2.45, 2.75) is 123 Å². The first kappa shape index (κ1) is 47.8. The van der Waals surface area contributed by atoms with E-state index in [1.165, 1.54) is 14.2 Å². The Labute approximate surface area is 323 Å². The summed E-state index contributed by atoms with van der Waals surface area (Å²) in [4.78, 5) is 70.3. The lowest BCUT2D eigenvalue weighted by atomic mass is 9.89. The molecular formula is C39H66ClN5O8. The van der Waals surface area contributed by atoms with Gasteiger partial charge in [-0.25, -0.2) is 4.79 Å². The lowest BCUT2D eigenvalue weighted by Crippen LogP contribution is -2.59. The van der Waals surface area contributed by atoms with Gasteiger partial charge in [-0.15, -0.1) is 12.4 Å². The van der Waals surface area contributed by atoms with Crippen LogP contribution in [0.4, 0.5) is 0 Å². The molecule has 1 saturated heterocycles. The van der Waals surface area contributed by atoms with E-state index in [1.54, 1.807) is 30.8 Å². The van der Waals surface area contributed by atoms with Crippen molar-refractivity contribution in [3.8, 4) is 0 Å². The van der Waals surface area contributed by atoms with Crippen molar-refractivity contribution in [2.24, 2.45) is 23.7 Å². The molecule has 0 radical (unpaired) electrons. The van der Waals surface area contributed by atoms with E-state index in [0.29, 0.717) is 19.4 Å². The van der Waals surface area contributed by atoms with Gasteiger partial charge in [0.2, 0.25) is 23.6 Å². The van der Waals surface area contributed by atoms with Crippen LogP contribution in [0.5, 0.6) is 0 Å². The van der Waals surface area contributed by atoms with Crippen LogP contribution in [0.25, 0.3) is 0 Å². The highest BCUT2D eigenvalue weighted by Crippen LogP contribution is 2.29. The summed E-state index contributed by atoms with van der Waals surface area (Å²) >= 11 is 0. The predicted octanol–water partition coefficient (Wildman–Crippen LogP) is 3.53. The zero-order chi connectivity index (χ0) is 39.3. The van der Waals surface area contributed by atoms with Gasteiger partial charge in [0.1, 0.15) is 12.1 Å². The van der Waals surface area contributed by atoms with Crippen LogP contribution in [-0.2, 0) is 39.9 Å². The Bertz CT molecular complexity index is 1320. The number of aliphatic carboxylic acids is 1. The minimum atomic E-state index is -1.14. The standard InChI is InChI=1S/C39H65N5O8.ClH/c1-12-25(6)34(43(9)38(48)33(24(4)5)42-37(47)32(40-8)23(2)3)30(51-10)22-31(45)44-20-16-19-29(44)35(52-11)26(7)36(46)41-28(39(49)50)21-27-17-14-13-15-18-27;/h13-15,17-18,23-26,28-30,32-35,40H,12,16,19-22H2,1-11H3,(H,41,46)(H,42,47)(H,49,50);1H/t25?,26?,28?,29-,30?,32?,33?,34?,35?;/m0./s1. The van der Waals surface area contributed by atoms with Crippen LogP contribution < -0.4 is 16.0 Å². The maximum Gasteiger partial charge on any atom is 0.326 e. The quantitative estimate of drug-likeness (QED) is 0.146. The minimum Gasteiger partial charge on any atom is -0.480 e. The molecule has 53 heavy (non-hydrogen) atoms. The van der Waals surface area contributed by atoms with Crippen molar-refractivity contribution in [3.05, 3.63) is 35.9 Å². The fraction of sp³-hybridized carbons (Fsp3) is 0.718. The Balaban J connectivity index is 0.0000140. The average Bonchev–Trinajstić information content (AvgIpc) is 3.59. The van der Waals surface area contributed by atoms with E-state index in [1.807, 2.05) is 71.9 Å². The number of benzene rings is 1. The normalized spacial score (nSPS) is 18.9. The van der Waals surface area contributed by atoms with Gasteiger partial charge in [-0.2, -0.15) is 0 Å². The number of carbonyl (C=O) groups excluding carboxylic acids is 4. The predicted molar refractivity (Wildman–Crippen MR) is 208 cm³/mol. The first-order valence-corrected chi connectivity index (χ1v) is 18.7. The minimum absolute atomic E-state index is 0. The molecule has 0 aliphatic carbocycles. The number of likely N-dealkylation sites (N-methyl/N-ethyl adjacent to an activating group) is 2. The number of carboxylic acid groups (broad SMARTS) is 1. The Morgan fingerprint density at radius 3 is 2.02 bits per heavy atom. The molecule has 1 aromatic rings. The zero-order valence-corrected chi connectivity index (χ0v) is 34.4. The van der Waals surface area contributed by atoms with Crippen molar-refractivity contribution in [1.29, 1.82) is 0 Å². The number of likely N-dealkylation sites (tertiary alicyclic amines) is 1. The number of halogens is 1. The molecule has 8 unspecified atom stereocenters. The Hall–Kier alpha value is -3.26. The second-order valence-electron chi connectivity index (χ2n) is 14.9. The number of hydrogen-bond acceptors (Lipinski definition) is 8. The molecular weight excluding hydrogens is 702 g/mol. The summed E-state index contributed by atoms with van der Waals surface area (Å²) < 4.78 is 11.8. The number of methoxy groups -OCH3 is 2. The Morgan fingerprint density at radius 1 is 0.925 bits per heavy atom. The lowest BCUT2D eigenvalue weighted by Gasteiger charge is -2.41. The van der Waals surface area contributed by atoms with Gasteiger partial charge < -0.3 is 40.3 Å². The molecule has 1 fully saturated rings. The Kier molecular flexibility index (Phi) is 20.6. The molecule has 0 spiro atoms. The van der Waals surface area contributed by atoms with Gasteiger partial charge in [0.15, 0.2) is 0 Å². The third kappa shape index (κ3) is 12.9. The molecule has 1 aromatic carbocycles. The summed E-state index contributed by atoms with van der Waals surface area (Å²) in [5.74, 6) is -3.27. The smallest absolute Gasteiger partial charge is 0.326 e. The summed E-state index contributed by atoms with van der Waals surface area (Å²) in [7, 11) is 6.46. The first-order valence-electron chi connectivity index (χ1n) is 18.7. The maximum atomic E-state index is 14.1. The van der Waals surface area contributed by atoms with Crippen LogP contribution in [0.3, 0.4) is 0 Å². The van der Waals surface area contributed by atoms with E-state index in [2.05, 4.69) is 16.0 Å². The molecule has 14 heteroatoms. The molecule has 1 aliphatic heterocycles. The van der Waals surface area contributed by atoms with Gasteiger partial charge in [0.25, 0.3) is 0 Å². The molecule has 0 saturated carbocycles. The van der Waals surface area contributed by atoms with E-state index in [4.69, 9.17) is 9.47 Å². The summed E-state index contributed by atoms with van der Waals surface area (Å²) in [6, 6.07) is 5.84. The highest BCUT2D eigenvalue weighted by atomic mass is 35.5. The molecule has 0 aromatic heterocycles. The third-order valence-corrected chi connectivity index (χ3v) is 10.6. The average molecular weight is 768 g/mol. The number of ether oxygens (including phenoxy) is 2. The van der Waals surface area contributed by atoms with E-state index >= 15 is 0 Å². The van der Waals surface area contributed by atoms with Gasteiger partial charge >= 0.3 is 5.97 Å². The number of hydrogen-bond donors (Lipinski definition) is 4. The summed E-state index contributed by atoms with van der Waals surface area (Å²) in [6.45, 7) is 13.9. The third-order valence-electron chi connectivity index (χ3n) is 10.6. The van der Waals surface area contributed by atoms with Crippen LogP contribution >= 0.6 is 12.4 Å². The summed E-state index contributed by atoms with van der Waals surface area (Å²) in [6.07, 6.45) is 0.818. The fourth-order valence-corrected chi connectivity index (χ4v) is 7.40. The number of nitrogens with one attached hydrogen (secondary N) is 3. The first-order chi connectivity index (χ1) is 24.5. The van der Waals surface area contributed by atoms with Gasteiger partial charge in [0, 0.05) is 34.2 Å². The van der Waals surface area contributed by atoms with Crippen molar-refractivity contribution < 1.29 is 38.6 Å².